The normalized spacial score (nSPS) is 25.9. The van der Waals surface area contributed by atoms with Gasteiger partial charge in [-0.3, -0.25) is 9.59 Å². The van der Waals surface area contributed by atoms with E-state index >= 15 is 0 Å². The summed E-state index contributed by atoms with van der Waals surface area (Å²) in [7, 11) is 2.28. The molecule has 1 aromatic carbocycles. The molecule has 0 bridgehead atoms. The van der Waals surface area contributed by atoms with E-state index in [9.17, 15) is 9.59 Å². The highest BCUT2D eigenvalue weighted by atomic mass is 16.2. The number of likely N-dealkylation sites (tertiary alicyclic amines) is 1. The second-order valence-corrected chi connectivity index (χ2v) is 9.78. The van der Waals surface area contributed by atoms with Crippen LogP contribution in [-0.4, -0.2) is 60.9 Å². The summed E-state index contributed by atoms with van der Waals surface area (Å²) in [6.45, 7) is 3.13. The molecule has 29 heavy (non-hydrogen) atoms. The molecule has 1 saturated heterocycles. The van der Waals surface area contributed by atoms with Gasteiger partial charge in [0, 0.05) is 37.8 Å². The smallest absolute Gasteiger partial charge is 0.242 e. The summed E-state index contributed by atoms with van der Waals surface area (Å²) in [6, 6.07) is 8.89. The van der Waals surface area contributed by atoms with E-state index in [2.05, 4.69) is 18.0 Å². The zero-order chi connectivity index (χ0) is 20.0. The molecule has 2 saturated carbocycles. The van der Waals surface area contributed by atoms with Crippen LogP contribution in [0.15, 0.2) is 24.3 Å². The molecule has 1 aromatic rings. The van der Waals surface area contributed by atoms with Crippen molar-refractivity contribution in [1.82, 2.24) is 9.80 Å². The Labute approximate surface area is 174 Å². The van der Waals surface area contributed by atoms with Crippen LogP contribution in [0.5, 0.6) is 0 Å². The Morgan fingerprint density at radius 3 is 2.69 bits per heavy atom. The van der Waals surface area contributed by atoms with Crippen molar-refractivity contribution in [2.45, 2.75) is 57.4 Å². The predicted octanol–water partition coefficient (Wildman–Crippen LogP) is 3.08. The average Bonchev–Trinajstić information content (AvgIpc) is 3.64. The highest BCUT2D eigenvalue weighted by Crippen LogP contribution is 2.59. The van der Waals surface area contributed by atoms with Crippen molar-refractivity contribution in [2.24, 2.45) is 11.3 Å². The summed E-state index contributed by atoms with van der Waals surface area (Å²) >= 11 is 0. The fourth-order valence-electron chi connectivity index (χ4n) is 5.61. The number of amides is 2. The van der Waals surface area contributed by atoms with E-state index in [1.165, 1.54) is 31.4 Å². The Kier molecular flexibility index (Phi) is 4.89. The van der Waals surface area contributed by atoms with Crippen molar-refractivity contribution in [3.05, 3.63) is 29.8 Å². The number of hydrogen-bond acceptors (Lipinski definition) is 3. The minimum absolute atomic E-state index is 0.0853. The van der Waals surface area contributed by atoms with Crippen LogP contribution in [0.25, 0.3) is 0 Å². The van der Waals surface area contributed by atoms with Crippen LogP contribution in [-0.2, 0) is 16.0 Å². The standard InChI is InChI=1S/C24H33N3O2/c1-25(20-9-10-20)16-19-15-24(19)11-13-26(14-12-24)23(29)17-27-21-7-3-2-5-18(21)6-4-8-22(27)28/h2-3,5,7,19-20H,4,6,8-17H2,1H3. The number of hydrogen-bond donors (Lipinski definition) is 0. The summed E-state index contributed by atoms with van der Waals surface area (Å²) < 4.78 is 0. The maximum absolute atomic E-state index is 13.0. The van der Waals surface area contributed by atoms with Crippen LogP contribution in [0, 0.1) is 11.3 Å². The van der Waals surface area contributed by atoms with Crippen LogP contribution < -0.4 is 4.90 Å². The Hall–Kier alpha value is -1.88. The van der Waals surface area contributed by atoms with Crippen molar-refractivity contribution in [3.8, 4) is 0 Å². The summed E-state index contributed by atoms with van der Waals surface area (Å²) in [6.07, 6.45) is 8.65. The lowest BCUT2D eigenvalue weighted by molar-refractivity contribution is -0.132. The van der Waals surface area contributed by atoms with E-state index in [0.29, 0.717) is 11.8 Å². The highest BCUT2D eigenvalue weighted by molar-refractivity contribution is 5.99. The number of carbonyl (C=O) groups excluding carboxylic acids is 2. The molecule has 5 rings (SSSR count). The maximum Gasteiger partial charge on any atom is 0.242 e. The van der Waals surface area contributed by atoms with Gasteiger partial charge in [0.2, 0.25) is 11.8 Å². The van der Waals surface area contributed by atoms with E-state index < -0.39 is 0 Å². The first kappa shape index (κ1) is 19.1. The Bertz CT molecular complexity index is 795. The summed E-state index contributed by atoms with van der Waals surface area (Å²) in [5.41, 5.74) is 2.61. The van der Waals surface area contributed by atoms with Gasteiger partial charge in [-0.2, -0.15) is 0 Å². The van der Waals surface area contributed by atoms with Crippen LogP contribution in [0.3, 0.4) is 0 Å². The van der Waals surface area contributed by atoms with E-state index in [0.717, 1.165) is 56.4 Å². The molecule has 4 aliphatic rings. The first-order chi connectivity index (χ1) is 14.1. The van der Waals surface area contributed by atoms with E-state index in [4.69, 9.17) is 0 Å². The summed E-state index contributed by atoms with van der Waals surface area (Å²) in [4.78, 5) is 32.0. The molecule has 0 radical (unpaired) electrons. The second-order valence-electron chi connectivity index (χ2n) is 9.78. The molecule has 1 spiro atoms. The van der Waals surface area contributed by atoms with Gasteiger partial charge < -0.3 is 14.7 Å². The van der Waals surface area contributed by atoms with Gasteiger partial charge in [-0.05, 0) is 75.0 Å². The largest absolute Gasteiger partial charge is 0.341 e. The Morgan fingerprint density at radius 2 is 1.93 bits per heavy atom. The molecule has 1 atom stereocenters. The lowest BCUT2D eigenvalue weighted by atomic mass is 9.90. The number of carbonyl (C=O) groups is 2. The van der Waals surface area contributed by atoms with E-state index in [1.54, 1.807) is 4.90 Å². The third-order valence-corrected chi connectivity index (χ3v) is 7.86. The zero-order valence-electron chi connectivity index (χ0n) is 17.6. The zero-order valence-corrected chi connectivity index (χ0v) is 17.6. The lowest BCUT2D eigenvalue weighted by Crippen LogP contribution is -2.46. The SMILES string of the molecule is CN(CC1CC12CCN(C(=O)CN1C(=O)CCCc3ccccc31)CC2)C1CC1. The topological polar surface area (TPSA) is 43.9 Å². The quantitative estimate of drug-likeness (QED) is 0.770. The number of fused-ring (bicyclic) bond motifs is 1. The minimum atomic E-state index is 0.0853. The van der Waals surface area contributed by atoms with Crippen LogP contribution in [0.4, 0.5) is 5.69 Å². The number of nitrogens with zero attached hydrogens (tertiary/aromatic N) is 3. The van der Waals surface area contributed by atoms with Gasteiger partial charge in [-0.1, -0.05) is 18.2 Å². The molecule has 3 fully saturated rings. The molecule has 2 amide bonds. The molecular formula is C24H33N3O2. The van der Waals surface area contributed by atoms with Crippen LogP contribution in [0.1, 0.15) is 50.5 Å². The molecule has 1 unspecified atom stereocenters. The highest BCUT2D eigenvalue weighted by Gasteiger charge is 2.55. The Balaban J connectivity index is 1.18. The molecular weight excluding hydrogens is 362 g/mol. The number of anilines is 1. The van der Waals surface area contributed by atoms with Crippen molar-refractivity contribution >= 4 is 17.5 Å². The second kappa shape index (κ2) is 7.42. The predicted molar refractivity (Wildman–Crippen MR) is 114 cm³/mol. The third kappa shape index (κ3) is 3.81. The summed E-state index contributed by atoms with van der Waals surface area (Å²) in [5, 5.41) is 0. The van der Waals surface area contributed by atoms with Crippen molar-refractivity contribution < 1.29 is 9.59 Å². The van der Waals surface area contributed by atoms with Crippen molar-refractivity contribution in [1.29, 1.82) is 0 Å². The van der Waals surface area contributed by atoms with E-state index in [1.807, 2.05) is 23.1 Å². The Morgan fingerprint density at radius 1 is 1.17 bits per heavy atom. The van der Waals surface area contributed by atoms with Crippen LogP contribution >= 0.6 is 0 Å². The minimum Gasteiger partial charge on any atom is -0.341 e. The number of benzene rings is 1. The van der Waals surface area contributed by atoms with Crippen molar-refractivity contribution in [2.75, 3.05) is 38.1 Å². The van der Waals surface area contributed by atoms with Gasteiger partial charge in [0.1, 0.15) is 6.54 Å². The molecule has 2 aliphatic carbocycles. The molecule has 156 valence electrons. The van der Waals surface area contributed by atoms with Gasteiger partial charge in [0.25, 0.3) is 0 Å². The summed E-state index contributed by atoms with van der Waals surface area (Å²) in [5.74, 6) is 1.02. The van der Waals surface area contributed by atoms with Gasteiger partial charge in [-0.25, -0.2) is 0 Å². The first-order valence-corrected chi connectivity index (χ1v) is 11.4. The van der Waals surface area contributed by atoms with Gasteiger partial charge in [0.05, 0.1) is 0 Å². The third-order valence-electron chi connectivity index (χ3n) is 7.86. The number of rotatable bonds is 5. The molecule has 0 aromatic heterocycles. The number of aryl methyl sites for hydroxylation is 1. The monoisotopic (exact) mass is 395 g/mol. The maximum atomic E-state index is 13.0. The van der Waals surface area contributed by atoms with Gasteiger partial charge in [-0.15, -0.1) is 0 Å². The number of piperidine rings is 1. The van der Waals surface area contributed by atoms with Gasteiger partial charge in [0.15, 0.2) is 0 Å². The van der Waals surface area contributed by atoms with Crippen molar-refractivity contribution in [3.63, 3.8) is 0 Å². The lowest BCUT2D eigenvalue weighted by Gasteiger charge is -2.35. The molecule has 0 N–H and O–H groups in total. The van der Waals surface area contributed by atoms with E-state index in [-0.39, 0.29) is 18.4 Å². The molecule has 2 heterocycles. The fraction of sp³-hybridized carbons (Fsp3) is 0.667. The van der Waals surface area contributed by atoms with Gasteiger partial charge >= 0.3 is 0 Å². The van der Waals surface area contributed by atoms with Crippen LogP contribution in [0.2, 0.25) is 0 Å². The first-order valence-electron chi connectivity index (χ1n) is 11.4. The molecule has 5 heteroatoms. The molecule has 2 aliphatic heterocycles. The molecule has 5 nitrogen and oxygen atoms in total. The average molecular weight is 396 g/mol. The fourth-order valence-corrected chi connectivity index (χ4v) is 5.61. The number of para-hydroxylation sites is 1.